The number of carbonyl (C=O) groups excluding carboxylic acids is 1. The standard InChI is InChI=1S/C26H30ClFN4O4S.C26H28ClFN4O3S/c1-15(11-18-5-7-21(27)22(28)12-18)26(33)30-24-13-19(25-16(2)31-36-17(25)3)6-8-23(24)29-20-9-10-32(14-20)37(4,34)35;1-15(11-18-5-7-21(27)22(28)12-18)26-29-23-13-19(25-16(2)30-35-17(25)3)6-8-24(23)32(26)20-9-10-31(14-20)36(4,33)34/h5-8,12-13,15,20,29H,9-11,14H2,1-4H3,(H,30,33);5-8,12-13,15,20H,9-11,14H2,1-4H3/t2*15-,20+/m11/s1. The van der Waals surface area contributed by atoms with Crippen molar-refractivity contribution in [2.45, 2.75) is 85.2 Å². The van der Waals surface area contributed by atoms with Crippen molar-refractivity contribution < 1.29 is 39.5 Å². The van der Waals surface area contributed by atoms with Crippen LogP contribution >= 0.6 is 23.2 Å². The minimum Gasteiger partial charge on any atom is -0.379 e. The van der Waals surface area contributed by atoms with E-state index in [1.165, 1.54) is 39.3 Å². The molecule has 2 aliphatic heterocycles. The van der Waals surface area contributed by atoms with Crippen LogP contribution in [0.5, 0.6) is 0 Å². The normalized spacial score (nSPS) is 17.4. The van der Waals surface area contributed by atoms with Crippen LogP contribution in [-0.2, 0) is 37.7 Å². The molecular formula is C52H58Cl2F2N8O7S2. The highest BCUT2D eigenvalue weighted by molar-refractivity contribution is 7.88. The summed E-state index contributed by atoms with van der Waals surface area (Å²) < 4.78 is 92.1. The summed E-state index contributed by atoms with van der Waals surface area (Å²) in [7, 11) is -6.57. The number of hydrogen-bond donors (Lipinski definition) is 2. The van der Waals surface area contributed by atoms with Gasteiger partial charge in [-0.15, -0.1) is 0 Å². The van der Waals surface area contributed by atoms with Crippen LogP contribution in [-0.4, -0.2) is 96.0 Å². The second-order valence-corrected chi connectivity index (χ2v) is 24.0. The van der Waals surface area contributed by atoms with E-state index >= 15 is 0 Å². The number of nitrogens with zero attached hydrogens (tertiary/aromatic N) is 6. The van der Waals surface area contributed by atoms with Gasteiger partial charge in [-0.2, -0.15) is 0 Å². The van der Waals surface area contributed by atoms with Gasteiger partial charge in [-0.25, -0.2) is 39.2 Å². The van der Waals surface area contributed by atoms with Crippen molar-refractivity contribution in [1.82, 2.24) is 28.5 Å². The summed E-state index contributed by atoms with van der Waals surface area (Å²) in [6.45, 7) is 12.9. The fourth-order valence-corrected chi connectivity index (χ4v) is 11.8. The van der Waals surface area contributed by atoms with Crippen molar-refractivity contribution in [2.24, 2.45) is 5.92 Å². The zero-order valence-corrected chi connectivity index (χ0v) is 44.9. The predicted molar refractivity (Wildman–Crippen MR) is 281 cm³/mol. The van der Waals surface area contributed by atoms with Crippen LogP contribution in [0.2, 0.25) is 10.0 Å². The van der Waals surface area contributed by atoms with Gasteiger partial charge in [0, 0.05) is 55.2 Å². The van der Waals surface area contributed by atoms with Gasteiger partial charge in [-0.05, 0) is 124 Å². The first-order valence-electron chi connectivity index (χ1n) is 23.8. The first-order chi connectivity index (χ1) is 34.4. The molecule has 15 nitrogen and oxygen atoms in total. The Kier molecular flexibility index (Phi) is 15.9. The molecule has 0 saturated carbocycles. The van der Waals surface area contributed by atoms with Gasteiger partial charge in [0.15, 0.2) is 0 Å². The van der Waals surface area contributed by atoms with Gasteiger partial charge >= 0.3 is 0 Å². The highest BCUT2D eigenvalue weighted by Crippen LogP contribution is 2.38. The number of imidazole rings is 1. The van der Waals surface area contributed by atoms with E-state index in [2.05, 4.69) is 32.4 Å². The molecule has 3 aromatic heterocycles. The predicted octanol–water partition coefficient (Wildman–Crippen LogP) is 10.7. The fourth-order valence-electron chi connectivity index (χ4n) is 9.79. The number of rotatable bonds is 14. The van der Waals surface area contributed by atoms with Gasteiger partial charge in [0.25, 0.3) is 0 Å². The molecule has 4 atom stereocenters. The molecule has 0 spiro atoms. The molecule has 0 unspecified atom stereocenters. The Bertz CT molecular complexity index is 3400. The number of aromatic nitrogens is 4. The molecule has 73 heavy (non-hydrogen) atoms. The minimum absolute atomic E-state index is 0.0362. The zero-order chi connectivity index (χ0) is 52.7. The average Bonchev–Trinajstić information content (AvgIpc) is 4.18. The Balaban J connectivity index is 0.000000195. The molecule has 4 aromatic carbocycles. The van der Waals surface area contributed by atoms with Gasteiger partial charge in [0.05, 0.1) is 62.4 Å². The maximum absolute atomic E-state index is 14.1. The van der Waals surface area contributed by atoms with E-state index in [0.29, 0.717) is 74.6 Å². The summed E-state index contributed by atoms with van der Waals surface area (Å²) in [6, 6.07) is 20.9. The quantitative estimate of drug-likeness (QED) is 0.106. The Morgan fingerprint density at radius 3 is 1.81 bits per heavy atom. The van der Waals surface area contributed by atoms with Crippen LogP contribution in [0.25, 0.3) is 33.3 Å². The molecular weight excluding hydrogens is 1020 g/mol. The smallest absolute Gasteiger partial charge is 0.227 e. The summed E-state index contributed by atoms with van der Waals surface area (Å²) >= 11 is 11.7. The lowest BCUT2D eigenvalue weighted by molar-refractivity contribution is -0.119. The van der Waals surface area contributed by atoms with Crippen LogP contribution in [0.1, 0.15) is 78.5 Å². The van der Waals surface area contributed by atoms with Gasteiger partial charge < -0.3 is 24.2 Å². The first-order valence-corrected chi connectivity index (χ1v) is 28.3. The molecule has 0 aliphatic carbocycles. The van der Waals surface area contributed by atoms with Gasteiger partial charge in [-0.1, -0.05) is 71.6 Å². The molecule has 2 N–H and O–H groups in total. The number of halogens is 4. The van der Waals surface area contributed by atoms with Crippen molar-refractivity contribution in [1.29, 1.82) is 0 Å². The Hall–Kier alpha value is -5.70. The number of aryl methyl sites for hydroxylation is 4. The van der Waals surface area contributed by atoms with E-state index in [0.717, 1.165) is 61.8 Å². The number of benzene rings is 4. The van der Waals surface area contributed by atoms with Gasteiger partial charge in [0.2, 0.25) is 26.0 Å². The van der Waals surface area contributed by atoms with E-state index in [1.54, 1.807) is 19.1 Å². The van der Waals surface area contributed by atoms with E-state index in [-0.39, 0.29) is 34.0 Å². The molecule has 0 radical (unpaired) electrons. The molecule has 2 saturated heterocycles. The van der Waals surface area contributed by atoms with E-state index in [1.807, 2.05) is 70.2 Å². The summed E-state index contributed by atoms with van der Waals surface area (Å²) in [6.07, 6.45) is 4.68. The van der Waals surface area contributed by atoms with Crippen LogP contribution in [0, 0.1) is 45.2 Å². The molecule has 7 aromatic rings. The van der Waals surface area contributed by atoms with Crippen LogP contribution in [0.15, 0.2) is 81.8 Å². The Labute approximate surface area is 434 Å². The van der Waals surface area contributed by atoms with Crippen molar-refractivity contribution in [3.8, 4) is 22.3 Å². The van der Waals surface area contributed by atoms with Gasteiger partial charge in [-0.3, -0.25) is 4.79 Å². The monoisotopic (exact) mass is 1080 g/mol. The number of sulfonamides is 2. The van der Waals surface area contributed by atoms with Crippen LogP contribution < -0.4 is 10.6 Å². The lowest BCUT2D eigenvalue weighted by atomic mass is 9.99. The maximum atomic E-state index is 14.1. The van der Waals surface area contributed by atoms with Crippen molar-refractivity contribution in [3.63, 3.8) is 0 Å². The summed E-state index contributed by atoms with van der Waals surface area (Å²) in [4.78, 5) is 18.2. The second-order valence-electron chi connectivity index (χ2n) is 19.2. The third-order valence-corrected chi connectivity index (χ3v) is 16.7. The molecule has 1 amide bonds. The number of anilines is 2. The molecule has 21 heteroatoms. The Morgan fingerprint density at radius 2 is 1.27 bits per heavy atom. The SMILES string of the molecule is Cc1noc(C)c1-c1ccc(N[C@H]2CCN(S(C)(=O)=O)C2)c(NC(=O)[C@H](C)Cc2ccc(Cl)c(F)c2)c1.Cc1noc(C)c1-c1ccc2c(c1)nc([C@H](C)Cc1ccc(Cl)c(F)c1)n2[C@H]1CCN(S(C)(=O)=O)C1. The second kappa shape index (κ2) is 21.6. The Morgan fingerprint density at radius 1 is 0.726 bits per heavy atom. The third kappa shape index (κ3) is 12.1. The van der Waals surface area contributed by atoms with Crippen molar-refractivity contribution >= 4 is 71.6 Å². The highest BCUT2D eigenvalue weighted by atomic mass is 35.5. The minimum atomic E-state index is -3.29. The van der Waals surface area contributed by atoms with E-state index in [4.69, 9.17) is 37.2 Å². The lowest BCUT2D eigenvalue weighted by Gasteiger charge is -2.21. The molecule has 388 valence electrons. The molecule has 2 fully saturated rings. The number of carbonyl (C=O) groups is 1. The summed E-state index contributed by atoms with van der Waals surface area (Å²) in [5.41, 5.74) is 9.59. The summed E-state index contributed by atoms with van der Waals surface area (Å²) in [5, 5.41) is 14.6. The largest absolute Gasteiger partial charge is 0.379 e. The average molecular weight is 1080 g/mol. The fraction of sp³-hybridized carbons (Fsp3) is 0.385. The summed E-state index contributed by atoms with van der Waals surface area (Å²) in [5.74, 6) is 0.535. The van der Waals surface area contributed by atoms with Gasteiger partial charge in [0.1, 0.15) is 29.0 Å². The number of amides is 1. The highest BCUT2D eigenvalue weighted by Gasteiger charge is 2.34. The van der Waals surface area contributed by atoms with E-state index in [9.17, 15) is 30.4 Å². The number of fused-ring (bicyclic) bond motifs is 1. The number of hydrogen-bond acceptors (Lipinski definition) is 11. The van der Waals surface area contributed by atoms with Crippen LogP contribution in [0.3, 0.4) is 0 Å². The maximum Gasteiger partial charge on any atom is 0.227 e. The van der Waals surface area contributed by atoms with Crippen molar-refractivity contribution in [3.05, 3.63) is 134 Å². The topological polar surface area (TPSA) is 186 Å². The molecule has 0 bridgehead atoms. The zero-order valence-electron chi connectivity index (χ0n) is 41.8. The van der Waals surface area contributed by atoms with E-state index < -0.39 is 37.6 Å². The lowest BCUT2D eigenvalue weighted by Crippen LogP contribution is -2.31. The molecule has 9 rings (SSSR count). The number of nitrogens with one attached hydrogen (secondary N) is 2. The third-order valence-electron chi connectivity index (χ3n) is 13.5. The first kappa shape index (κ1) is 53.6. The van der Waals surface area contributed by atoms with Crippen LogP contribution in [0.4, 0.5) is 20.2 Å². The molecule has 2 aliphatic rings. The van der Waals surface area contributed by atoms with Crippen molar-refractivity contribution in [2.75, 3.05) is 49.3 Å². The molecule has 5 heterocycles.